The molecule has 4 aromatic carbocycles. The highest BCUT2D eigenvalue weighted by molar-refractivity contribution is 6.34. The number of oxazole rings is 1. The van der Waals surface area contributed by atoms with Crippen molar-refractivity contribution in [2.75, 3.05) is 26.2 Å². The van der Waals surface area contributed by atoms with Gasteiger partial charge in [0.2, 0.25) is 5.89 Å². The van der Waals surface area contributed by atoms with E-state index in [1.165, 1.54) is 6.20 Å². The van der Waals surface area contributed by atoms with Gasteiger partial charge in [-0.3, -0.25) is 19.6 Å². The van der Waals surface area contributed by atoms with Crippen LogP contribution in [-0.4, -0.2) is 68.2 Å². The summed E-state index contributed by atoms with van der Waals surface area (Å²) in [4.78, 5) is 24.8. The molecular weight excluding hydrogens is 789 g/mol. The number of hydrogen-bond donors (Lipinski definition) is 2. The molecule has 2 aliphatic heterocycles. The molecule has 2 atom stereocenters. The minimum atomic E-state index is -0.756. The first-order valence-electron chi connectivity index (χ1n) is 19.6. The molecule has 0 spiro atoms. The molecule has 2 unspecified atom stereocenters. The predicted octanol–water partition coefficient (Wildman–Crippen LogP) is 8.98. The van der Waals surface area contributed by atoms with E-state index >= 15 is 0 Å². The summed E-state index contributed by atoms with van der Waals surface area (Å²) in [6.45, 7) is 8.29. The SMILES string of the molecule is Cc1c(COc2cc(OCc3cncc(C#N)c3)c(CN3CCC(O)C3)cc2Cl)cccc1-c1cccc(-c2nc3cc(CN4CCC(C(=O)O)C4)cc(Cl)c3o2)c1C. The number of pyridine rings is 1. The third kappa shape index (κ3) is 8.93. The number of β-amino-alcohol motifs (C(OH)–C–C–N with tert-alkyl or cyclic N) is 1. The third-order valence-electron chi connectivity index (χ3n) is 11.3. The number of ether oxygens (including phenoxy) is 2. The van der Waals surface area contributed by atoms with Crippen LogP contribution in [0.1, 0.15) is 51.8 Å². The summed E-state index contributed by atoms with van der Waals surface area (Å²) in [6.07, 6.45) is 4.18. The highest BCUT2D eigenvalue weighted by Gasteiger charge is 2.28. The van der Waals surface area contributed by atoms with Crippen LogP contribution in [0.5, 0.6) is 11.5 Å². The molecule has 302 valence electrons. The van der Waals surface area contributed by atoms with Gasteiger partial charge in [0.05, 0.1) is 27.6 Å². The zero-order valence-corrected chi connectivity index (χ0v) is 34.3. The fraction of sp³-hybridized carbons (Fsp3) is 0.304. The van der Waals surface area contributed by atoms with E-state index in [1.807, 2.05) is 48.5 Å². The van der Waals surface area contributed by atoms with Gasteiger partial charge in [-0.1, -0.05) is 53.5 Å². The maximum absolute atomic E-state index is 11.5. The Hall–Kier alpha value is -5.48. The van der Waals surface area contributed by atoms with Gasteiger partial charge < -0.3 is 24.1 Å². The van der Waals surface area contributed by atoms with Gasteiger partial charge in [-0.05, 0) is 96.9 Å². The van der Waals surface area contributed by atoms with Crippen molar-refractivity contribution in [2.45, 2.75) is 59.1 Å². The van der Waals surface area contributed by atoms with E-state index in [0.717, 1.165) is 63.2 Å². The normalized spacial score (nSPS) is 17.1. The van der Waals surface area contributed by atoms with Crippen LogP contribution in [0.2, 0.25) is 10.0 Å². The Labute approximate surface area is 352 Å². The third-order valence-corrected chi connectivity index (χ3v) is 11.9. The van der Waals surface area contributed by atoms with Crippen LogP contribution < -0.4 is 9.47 Å². The average Bonchev–Trinajstić information content (AvgIpc) is 3.98. The first-order chi connectivity index (χ1) is 28.5. The zero-order chi connectivity index (χ0) is 41.2. The van der Waals surface area contributed by atoms with Gasteiger partial charge >= 0.3 is 5.97 Å². The number of carbonyl (C=O) groups is 1. The van der Waals surface area contributed by atoms with E-state index in [1.54, 1.807) is 12.3 Å². The average molecular weight is 833 g/mol. The molecular formula is C46H43Cl2N5O6. The molecule has 59 heavy (non-hydrogen) atoms. The number of nitrogens with zero attached hydrogens (tertiary/aromatic N) is 5. The van der Waals surface area contributed by atoms with Crippen LogP contribution in [0.15, 0.2) is 83.5 Å². The summed E-state index contributed by atoms with van der Waals surface area (Å²) in [6, 6.07) is 23.6. The number of aliphatic carboxylic acids is 1. The molecule has 8 rings (SSSR count). The van der Waals surface area contributed by atoms with Gasteiger partial charge in [-0.15, -0.1) is 0 Å². The van der Waals surface area contributed by atoms with Crippen LogP contribution in [-0.2, 0) is 31.1 Å². The Morgan fingerprint density at radius 3 is 2.36 bits per heavy atom. The first kappa shape index (κ1) is 40.3. The van der Waals surface area contributed by atoms with E-state index in [9.17, 15) is 20.3 Å². The maximum Gasteiger partial charge on any atom is 0.307 e. The number of hydrogen-bond acceptors (Lipinski definition) is 10. The molecule has 0 amide bonds. The van der Waals surface area contributed by atoms with E-state index in [4.69, 9.17) is 42.1 Å². The summed E-state index contributed by atoms with van der Waals surface area (Å²) in [5.41, 5.74) is 10.1. The van der Waals surface area contributed by atoms with E-state index in [-0.39, 0.29) is 25.2 Å². The Balaban J connectivity index is 1.02. The second kappa shape index (κ2) is 17.4. The monoisotopic (exact) mass is 831 g/mol. The number of carboxylic acids is 1. The summed E-state index contributed by atoms with van der Waals surface area (Å²) >= 11 is 13.6. The minimum absolute atomic E-state index is 0.200. The van der Waals surface area contributed by atoms with Crippen molar-refractivity contribution in [3.05, 3.63) is 128 Å². The second-order valence-corrected chi connectivity index (χ2v) is 16.2. The topological polar surface area (TPSA) is 145 Å². The maximum atomic E-state index is 11.5. The van der Waals surface area contributed by atoms with Gasteiger partial charge in [0.25, 0.3) is 0 Å². The minimum Gasteiger partial charge on any atom is -0.488 e. The fourth-order valence-corrected chi connectivity index (χ4v) is 8.58. The molecule has 2 aliphatic rings. The van der Waals surface area contributed by atoms with Crippen LogP contribution >= 0.6 is 23.2 Å². The van der Waals surface area contributed by atoms with Gasteiger partial charge in [-0.2, -0.15) is 5.26 Å². The first-order valence-corrected chi connectivity index (χ1v) is 20.3. The van der Waals surface area contributed by atoms with Gasteiger partial charge in [0, 0.05) is 67.9 Å². The molecule has 2 fully saturated rings. The van der Waals surface area contributed by atoms with Gasteiger partial charge in [0.15, 0.2) is 5.58 Å². The second-order valence-electron chi connectivity index (χ2n) is 15.4. The molecule has 0 bridgehead atoms. The number of rotatable bonds is 13. The molecule has 0 saturated carbocycles. The number of aliphatic hydroxyl groups is 1. The molecule has 0 radical (unpaired) electrons. The molecule has 11 nitrogen and oxygen atoms in total. The number of halogens is 2. The van der Waals surface area contributed by atoms with Crippen molar-refractivity contribution in [3.63, 3.8) is 0 Å². The Morgan fingerprint density at radius 2 is 1.59 bits per heavy atom. The van der Waals surface area contributed by atoms with Crippen molar-refractivity contribution < 1.29 is 28.9 Å². The molecule has 2 saturated heterocycles. The van der Waals surface area contributed by atoms with E-state index < -0.39 is 5.97 Å². The largest absolute Gasteiger partial charge is 0.488 e. The Morgan fingerprint density at radius 1 is 0.847 bits per heavy atom. The lowest BCUT2D eigenvalue weighted by atomic mass is 9.91. The summed E-state index contributed by atoms with van der Waals surface area (Å²) in [5, 5.41) is 29.8. The number of aromatic nitrogens is 2. The van der Waals surface area contributed by atoms with Crippen molar-refractivity contribution in [3.8, 4) is 40.1 Å². The number of fused-ring (bicyclic) bond motifs is 1. The lowest BCUT2D eigenvalue weighted by Crippen LogP contribution is -2.22. The van der Waals surface area contributed by atoms with E-state index in [2.05, 4.69) is 46.8 Å². The van der Waals surface area contributed by atoms with Gasteiger partial charge in [-0.25, -0.2) is 4.98 Å². The van der Waals surface area contributed by atoms with Crippen molar-refractivity contribution in [2.24, 2.45) is 5.92 Å². The van der Waals surface area contributed by atoms with Crippen LogP contribution in [0.25, 0.3) is 33.7 Å². The summed E-state index contributed by atoms with van der Waals surface area (Å²) in [7, 11) is 0. The molecule has 2 N–H and O–H groups in total. The van der Waals surface area contributed by atoms with Crippen LogP contribution in [0.4, 0.5) is 0 Å². The number of carboxylic acid groups (broad SMARTS) is 1. The lowest BCUT2D eigenvalue weighted by Gasteiger charge is -2.20. The Bertz CT molecular complexity index is 2590. The molecule has 0 aliphatic carbocycles. The number of nitriles is 1. The number of benzene rings is 4. The summed E-state index contributed by atoms with van der Waals surface area (Å²) < 4.78 is 19.0. The smallest absolute Gasteiger partial charge is 0.307 e. The number of likely N-dealkylation sites (tertiary alicyclic amines) is 2. The Kier molecular flexibility index (Phi) is 11.9. The highest BCUT2D eigenvalue weighted by Crippen LogP contribution is 2.39. The van der Waals surface area contributed by atoms with Crippen LogP contribution in [0, 0.1) is 31.1 Å². The van der Waals surface area contributed by atoms with Crippen molar-refractivity contribution >= 4 is 40.3 Å². The standard InChI is InChI=1S/C46H43Cl2N5O6/c1-27-33(26-58-43-17-42(57-25-31-13-30(18-49)19-50-20-31)34(16-39(43)47)23-53-12-10-35(54)24-53)5-3-6-36(27)37-7-4-8-38(28(37)2)45-51-41-15-29(14-40(48)44(41)59-45)21-52-11-9-32(22-52)46(55)56/h3-8,13-17,19-20,32,35,54H,9-12,21-26H2,1-2H3,(H,55,56). The predicted molar refractivity (Wildman–Crippen MR) is 225 cm³/mol. The van der Waals surface area contributed by atoms with Gasteiger partial charge in [0.1, 0.15) is 36.3 Å². The molecule has 4 heterocycles. The molecule has 2 aromatic heterocycles. The van der Waals surface area contributed by atoms with Crippen LogP contribution in [0.3, 0.4) is 0 Å². The zero-order valence-electron chi connectivity index (χ0n) is 32.8. The van der Waals surface area contributed by atoms with Crippen molar-refractivity contribution in [1.82, 2.24) is 19.8 Å². The molecule has 6 aromatic rings. The van der Waals surface area contributed by atoms with E-state index in [0.29, 0.717) is 83.1 Å². The summed E-state index contributed by atoms with van der Waals surface area (Å²) in [5.74, 6) is 0.434. The quantitative estimate of drug-likeness (QED) is 0.115. The van der Waals surface area contributed by atoms with Crippen molar-refractivity contribution in [1.29, 1.82) is 5.26 Å². The highest BCUT2D eigenvalue weighted by atomic mass is 35.5. The lowest BCUT2D eigenvalue weighted by molar-refractivity contribution is -0.141. The molecule has 13 heteroatoms. The fourth-order valence-electron chi connectivity index (χ4n) is 8.07. The number of aliphatic hydroxyl groups excluding tert-OH is 1.